The summed E-state index contributed by atoms with van der Waals surface area (Å²) in [5.41, 5.74) is 5.56. The zero-order valence-corrected chi connectivity index (χ0v) is 17.8. The lowest BCUT2D eigenvalue weighted by molar-refractivity contribution is 0.251. The van der Waals surface area contributed by atoms with Crippen molar-refractivity contribution in [2.45, 2.75) is 20.4 Å². The van der Waals surface area contributed by atoms with Gasteiger partial charge in [0.25, 0.3) is 5.56 Å². The molecule has 0 aliphatic rings. The maximum absolute atomic E-state index is 13.1. The van der Waals surface area contributed by atoms with Crippen LogP contribution in [0.1, 0.15) is 16.8 Å². The minimum atomic E-state index is -0.301. The highest BCUT2D eigenvalue weighted by Crippen LogP contribution is 2.26. The van der Waals surface area contributed by atoms with Gasteiger partial charge in [0, 0.05) is 42.1 Å². The summed E-state index contributed by atoms with van der Waals surface area (Å²) in [7, 11) is 1.77. The molecule has 2 amide bonds. The average Bonchev–Trinajstić information content (AvgIpc) is 2.77. The summed E-state index contributed by atoms with van der Waals surface area (Å²) in [6.45, 7) is 4.29. The van der Waals surface area contributed by atoms with Crippen LogP contribution in [0.25, 0.3) is 22.0 Å². The molecule has 4 aromatic rings. The molecule has 2 aromatic carbocycles. The molecule has 156 valence electrons. The Kier molecular flexibility index (Phi) is 5.54. The van der Waals surface area contributed by atoms with Gasteiger partial charge >= 0.3 is 6.03 Å². The van der Waals surface area contributed by atoms with Gasteiger partial charge in [-0.3, -0.25) is 9.78 Å². The molecule has 6 nitrogen and oxygen atoms in total. The third-order valence-corrected chi connectivity index (χ3v) is 5.33. The molecule has 4 rings (SSSR count). The quantitative estimate of drug-likeness (QED) is 0.517. The van der Waals surface area contributed by atoms with Crippen molar-refractivity contribution in [2.24, 2.45) is 7.05 Å². The molecule has 0 aliphatic carbocycles. The van der Waals surface area contributed by atoms with Crippen LogP contribution < -0.4 is 16.2 Å². The van der Waals surface area contributed by atoms with Gasteiger partial charge in [0.1, 0.15) is 0 Å². The van der Waals surface area contributed by atoms with Crippen molar-refractivity contribution in [2.75, 3.05) is 5.32 Å². The molecule has 0 fully saturated rings. The van der Waals surface area contributed by atoms with E-state index >= 15 is 0 Å². The SMILES string of the molecule is Cc1cc2c(cn1)cc(-c1cc(NC(=O)NCc3ccccc3)ccc1C)c(=O)n2C. The third-order valence-electron chi connectivity index (χ3n) is 5.33. The van der Waals surface area contributed by atoms with Crippen molar-refractivity contribution in [3.63, 3.8) is 0 Å². The van der Waals surface area contributed by atoms with E-state index in [1.54, 1.807) is 17.8 Å². The highest BCUT2D eigenvalue weighted by Gasteiger charge is 2.13. The Morgan fingerprint density at radius 1 is 1.00 bits per heavy atom. The minimum absolute atomic E-state index is 0.0909. The van der Waals surface area contributed by atoms with Crippen LogP contribution in [-0.4, -0.2) is 15.6 Å². The maximum atomic E-state index is 13.1. The topological polar surface area (TPSA) is 76.0 Å². The lowest BCUT2D eigenvalue weighted by Crippen LogP contribution is -2.28. The van der Waals surface area contributed by atoms with Crippen molar-refractivity contribution in [1.29, 1.82) is 0 Å². The molecule has 6 heteroatoms. The number of pyridine rings is 2. The number of rotatable bonds is 4. The van der Waals surface area contributed by atoms with Gasteiger partial charge in [-0.1, -0.05) is 36.4 Å². The lowest BCUT2D eigenvalue weighted by atomic mass is 9.99. The fourth-order valence-corrected chi connectivity index (χ4v) is 3.60. The van der Waals surface area contributed by atoms with E-state index < -0.39 is 0 Å². The van der Waals surface area contributed by atoms with Crippen molar-refractivity contribution in [3.05, 3.63) is 94.0 Å². The van der Waals surface area contributed by atoms with E-state index in [-0.39, 0.29) is 11.6 Å². The number of carbonyl (C=O) groups excluding carboxylic acids is 1. The standard InChI is InChI=1S/C25H24N4O2/c1-16-9-10-20(28-25(31)27-14-18-7-5-4-6-8-18)13-21(16)22-12-19-15-26-17(2)11-23(19)29(3)24(22)30/h4-13,15H,14H2,1-3H3,(H2,27,28,31). The van der Waals surface area contributed by atoms with Gasteiger partial charge < -0.3 is 15.2 Å². The smallest absolute Gasteiger partial charge is 0.319 e. The number of urea groups is 1. The fourth-order valence-electron chi connectivity index (χ4n) is 3.60. The van der Waals surface area contributed by atoms with Crippen LogP contribution in [0.2, 0.25) is 0 Å². The van der Waals surface area contributed by atoms with E-state index in [9.17, 15) is 9.59 Å². The number of aryl methyl sites for hydroxylation is 3. The number of amides is 2. The van der Waals surface area contributed by atoms with Gasteiger partial charge in [-0.25, -0.2) is 4.79 Å². The second kappa shape index (κ2) is 8.44. The Balaban J connectivity index is 1.62. The van der Waals surface area contributed by atoms with Crippen LogP contribution in [0.15, 0.2) is 71.7 Å². The molecule has 2 aromatic heterocycles. The Labute approximate surface area is 180 Å². The number of hydrogen-bond donors (Lipinski definition) is 2. The number of carbonyl (C=O) groups is 1. The van der Waals surface area contributed by atoms with Crippen molar-refractivity contribution in [3.8, 4) is 11.1 Å². The summed E-state index contributed by atoms with van der Waals surface area (Å²) in [5, 5.41) is 6.59. The molecule has 2 N–H and O–H groups in total. The number of benzene rings is 2. The van der Waals surface area contributed by atoms with Crippen molar-refractivity contribution >= 4 is 22.6 Å². The maximum Gasteiger partial charge on any atom is 0.319 e. The van der Waals surface area contributed by atoms with Gasteiger partial charge in [-0.05, 0) is 54.8 Å². The molecule has 0 radical (unpaired) electrons. The first-order chi connectivity index (χ1) is 14.9. The first kappa shape index (κ1) is 20.3. The number of hydrogen-bond acceptors (Lipinski definition) is 3. The van der Waals surface area contributed by atoms with Crippen molar-refractivity contribution < 1.29 is 4.79 Å². The highest BCUT2D eigenvalue weighted by molar-refractivity contribution is 5.91. The van der Waals surface area contributed by atoms with E-state index in [4.69, 9.17) is 0 Å². The van der Waals surface area contributed by atoms with E-state index in [0.717, 1.165) is 33.3 Å². The average molecular weight is 412 g/mol. The van der Waals surface area contributed by atoms with Crippen molar-refractivity contribution in [1.82, 2.24) is 14.9 Å². The predicted molar refractivity (Wildman–Crippen MR) is 124 cm³/mol. The highest BCUT2D eigenvalue weighted by atomic mass is 16.2. The second-order valence-corrected chi connectivity index (χ2v) is 7.63. The van der Waals surface area contributed by atoms with Gasteiger partial charge in [-0.15, -0.1) is 0 Å². The number of nitrogens with zero attached hydrogens (tertiary/aromatic N) is 2. The first-order valence-corrected chi connectivity index (χ1v) is 10.1. The number of nitrogens with one attached hydrogen (secondary N) is 2. The Hall–Kier alpha value is -3.93. The van der Waals surface area contributed by atoms with Crippen LogP contribution in [0.5, 0.6) is 0 Å². The Bertz CT molecular complexity index is 1330. The molecule has 2 heterocycles. The van der Waals surface area contributed by atoms with Gasteiger partial charge in [-0.2, -0.15) is 0 Å². The summed E-state index contributed by atoms with van der Waals surface area (Å²) in [6, 6.07) is 18.7. The lowest BCUT2D eigenvalue weighted by Gasteiger charge is -2.13. The summed E-state index contributed by atoms with van der Waals surface area (Å²) in [6.07, 6.45) is 1.78. The molecule has 0 atom stereocenters. The molecular formula is C25H24N4O2. The molecule has 0 saturated heterocycles. The van der Waals surface area contributed by atoms with E-state index in [0.29, 0.717) is 17.8 Å². The molecule has 0 aliphatic heterocycles. The Morgan fingerprint density at radius 3 is 2.55 bits per heavy atom. The second-order valence-electron chi connectivity index (χ2n) is 7.63. The zero-order chi connectivity index (χ0) is 22.0. The molecular weight excluding hydrogens is 388 g/mol. The normalized spacial score (nSPS) is 10.8. The van der Waals surface area contributed by atoms with E-state index in [2.05, 4.69) is 15.6 Å². The van der Waals surface area contributed by atoms with E-state index in [1.807, 2.05) is 74.5 Å². The number of anilines is 1. The van der Waals surface area contributed by atoms with Crippen LogP contribution in [0.4, 0.5) is 10.5 Å². The molecule has 0 spiro atoms. The minimum Gasteiger partial charge on any atom is -0.334 e. The van der Waals surface area contributed by atoms with Gasteiger partial charge in [0.2, 0.25) is 0 Å². The van der Waals surface area contributed by atoms with Crippen LogP contribution in [-0.2, 0) is 13.6 Å². The predicted octanol–water partition coefficient (Wildman–Crippen LogP) is 4.54. The van der Waals surface area contributed by atoms with Crippen LogP contribution in [0.3, 0.4) is 0 Å². The summed E-state index contributed by atoms with van der Waals surface area (Å²) >= 11 is 0. The van der Waals surface area contributed by atoms with E-state index in [1.165, 1.54) is 0 Å². The monoisotopic (exact) mass is 412 g/mol. The van der Waals surface area contributed by atoms with Gasteiger partial charge in [0.05, 0.1) is 5.52 Å². The van der Waals surface area contributed by atoms with Crippen LogP contribution in [0, 0.1) is 13.8 Å². The van der Waals surface area contributed by atoms with Crippen LogP contribution >= 0.6 is 0 Å². The summed E-state index contributed by atoms with van der Waals surface area (Å²) in [4.78, 5) is 29.8. The number of aromatic nitrogens is 2. The fraction of sp³-hybridized carbons (Fsp3) is 0.160. The summed E-state index contributed by atoms with van der Waals surface area (Å²) in [5.74, 6) is 0. The Morgan fingerprint density at radius 2 is 1.77 bits per heavy atom. The molecule has 31 heavy (non-hydrogen) atoms. The first-order valence-electron chi connectivity index (χ1n) is 10.1. The zero-order valence-electron chi connectivity index (χ0n) is 17.8. The molecule has 0 unspecified atom stereocenters. The molecule has 0 saturated carbocycles. The molecule has 0 bridgehead atoms. The third kappa shape index (κ3) is 4.33. The van der Waals surface area contributed by atoms with Gasteiger partial charge in [0.15, 0.2) is 0 Å². The number of fused-ring (bicyclic) bond motifs is 1. The largest absolute Gasteiger partial charge is 0.334 e. The summed E-state index contributed by atoms with van der Waals surface area (Å²) < 4.78 is 1.64.